The van der Waals surface area contributed by atoms with Crippen molar-refractivity contribution in [3.8, 4) is 0 Å². The largest absolute Gasteiger partial charge is 0.371 e. The van der Waals surface area contributed by atoms with E-state index in [2.05, 4.69) is 15.3 Å². The van der Waals surface area contributed by atoms with Crippen molar-refractivity contribution >= 4 is 22.4 Å². The third-order valence-corrected chi connectivity index (χ3v) is 4.29. The number of nitrogens with one attached hydrogen (secondary N) is 2. The Morgan fingerprint density at radius 1 is 1.04 bits per heavy atom. The van der Waals surface area contributed by atoms with Crippen LogP contribution in [0, 0.1) is 5.95 Å². The lowest BCUT2D eigenvalue weighted by Gasteiger charge is -2.19. The molecule has 0 spiro atoms. The minimum atomic E-state index is -0.641. The first kappa shape index (κ1) is 16.0. The molecule has 5 heteroatoms. The third-order valence-electron chi connectivity index (χ3n) is 4.29. The summed E-state index contributed by atoms with van der Waals surface area (Å²) in [5.74, 6) is -0.688. The van der Waals surface area contributed by atoms with Gasteiger partial charge >= 0.3 is 0 Å². The molecule has 0 bridgehead atoms. The first-order valence-corrected chi connectivity index (χ1v) is 8.26. The van der Waals surface area contributed by atoms with Crippen LogP contribution in [0.2, 0.25) is 0 Å². The molecule has 2 N–H and O–H groups in total. The van der Waals surface area contributed by atoms with Crippen molar-refractivity contribution in [1.29, 1.82) is 0 Å². The van der Waals surface area contributed by atoms with Crippen LogP contribution in [0.3, 0.4) is 0 Å². The number of anilines is 1. The van der Waals surface area contributed by atoms with Gasteiger partial charge in [0.05, 0.1) is 0 Å². The summed E-state index contributed by atoms with van der Waals surface area (Å²) in [6.07, 6.45) is 3.09. The molecule has 128 valence electrons. The second kappa shape index (κ2) is 6.80. The Labute approximate surface area is 149 Å². The predicted octanol–water partition coefficient (Wildman–Crippen LogP) is 4.74. The monoisotopic (exact) mass is 345 g/mol. The molecule has 0 aliphatic carbocycles. The molecule has 0 aliphatic heterocycles. The number of Topliss-reactive ketones (excluding diaryl/α,β-unsaturated/α-hetero) is 1. The normalized spacial score (nSPS) is 12.0. The molecule has 2 aromatic carbocycles. The van der Waals surface area contributed by atoms with Crippen LogP contribution in [0.5, 0.6) is 0 Å². The number of hydrogen-bond donors (Lipinski definition) is 2. The molecule has 1 atom stereocenters. The summed E-state index contributed by atoms with van der Waals surface area (Å²) in [4.78, 5) is 20.0. The van der Waals surface area contributed by atoms with Gasteiger partial charge in [-0.05, 0) is 17.7 Å². The third kappa shape index (κ3) is 3.07. The Hall–Kier alpha value is -3.47. The number of pyridine rings is 1. The van der Waals surface area contributed by atoms with E-state index in [1.54, 1.807) is 12.3 Å². The molecular weight excluding hydrogens is 329 g/mol. The van der Waals surface area contributed by atoms with Crippen molar-refractivity contribution < 1.29 is 9.18 Å². The number of nitrogens with zero attached hydrogens (tertiary/aromatic N) is 1. The van der Waals surface area contributed by atoms with E-state index in [1.807, 2.05) is 54.6 Å². The molecule has 0 fully saturated rings. The molecule has 4 rings (SSSR count). The number of H-pyrrole nitrogens is 1. The summed E-state index contributed by atoms with van der Waals surface area (Å²) in [6.45, 7) is 0. The SMILES string of the molecule is O=C(c1c[nH]c2ccccc12)[C@@H](Nc1ccnc(F)c1)c1ccccc1. The molecule has 2 heterocycles. The summed E-state index contributed by atoms with van der Waals surface area (Å²) in [5.41, 5.74) is 2.80. The maximum Gasteiger partial charge on any atom is 0.214 e. The lowest BCUT2D eigenvalue weighted by molar-refractivity contribution is 0.0971. The van der Waals surface area contributed by atoms with Gasteiger partial charge in [0.1, 0.15) is 6.04 Å². The van der Waals surface area contributed by atoms with Gasteiger partial charge in [-0.15, -0.1) is 0 Å². The zero-order valence-corrected chi connectivity index (χ0v) is 13.8. The van der Waals surface area contributed by atoms with E-state index in [1.165, 1.54) is 12.3 Å². The molecule has 0 radical (unpaired) electrons. The van der Waals surface area contributed by atoms with Crippen LogP contribution >= 0.6 is 0 Å². The van der Waals surface area contributed by atoms with Gasteiger partial charge in [0, 0.05) is 40.6 Å². The molecule has 26 heavy (non-hydrogen) atoms. The summed E-state index contributed by atoms with van der Waals surface area (Å²) in [5, 5.41) is 4.01. The van der Waals surface area contributed by atoms with Crippen LogP contribution in [0.25, 0.3) is 10.9 Å². The number of fused-ring (bicyclic) bond motifs is 1. The van der Waals surface area contributed by atoms with Gasteiger partial charge in [0.25, 0.3) is 0 Å². The average molecular weight is 345 g/mol. The Balaban J connectivity index is 1.76. The fourth-order valence-electron chi connectivity index (χ4n) is 3.04. The van der Waals surface area contributed by atoms with Crippen molar-refractivity contribution in [3.05, 3.63) is 96.2 Å². The number of rotatable bonds is 5. The Morgan fingerprint density at radius 3 is 2.62 bits per heavy atom. The van der Waals surface area contributed by atoms with Crippen molar-refractivity contribution in [2.75, 3.05) is 5.32 Å². The molecular formula is C21H16FN3O. The number of aromatic amines is 1. The highest BCUT2D eigenvalue weighted by atomic mass is 19.1. The van der Waals surface area contributed by atoms with Crippen LogP contribution in [-0.4, -0.2) is 15.8 Å². The number of hydrogen-bond acceptors (Lipinski definition) is 3. The Bertz CT molecular complexity index is 1060. The van der Waals surface area contributed by atoms with Crippen LogP contribution in [0.4, 0.5) is 10.1 Å². The molecule has 4 nitrogen and oxygen atoms in total. The van der Waals surface area contributed by atoms with Crippen molar-refractivity contribution in [2.24, 2.45) is 0 Å². The summed E-state index contributed by atoms with van der Waals surface area (Å²) in [7, 11) is 0. The smallest absolute Gasteiger partial charge is 0.214 e. The van der Waals surface area contributed by atoms with E-state index >= 15 is 0 Å². The van der Waals surface area contributed by atoms with Crippen LogP contribution in [-0.2, 0) is 0 Å². The van der Waals surface area contributed by atoms with E-state index < -0.39 is 12.0 Å². The van der Waals surface area contributed by atoms with E-state index in [9.17, 15) is 9.18 Å². The lowest BCUT2D eigenvalue weighted by Crippen LogP contribution is -2.21. The van der Waals surface area contributed by atoms with Crippen LogP contribution in [0.1, 0.15) is 22.0 Å². The summed E-state index contributed by atoms with van der Waals surface area (Å²) >= 11 is 0. The predicted molar refractivity (Wildman–Crippen MR) is 99.6 cm³/mol. The molecule has 0 saturated heterocycles. The number of ketones is 1. The maximum absolute atomic E-state index is 13.5. The van der Waals surface area contributed by atoms with Gasteiger partial charge in [-0.3, -0.25) is 4.79 Å². The number of para-hydroxylation sites is 1. The summed E-state index contributed by atoms with van der Waals surface area (Å²) < 4.78 is 13.5. The zero-order valence-electron chi connectivity index (χ0n) is 13.8. The lowest BCUT2D eigenvalue weighted by atomic mass is 9.96. The number of carbonyl (C=O) groups is 1. The van der Waals surface area contributed by atoms with E-state index in [-0.39, 0.29) is 5.78 Å². The van der Waals surface area contributed by atoms with Gasteiger partial charge in [-0.25, -0.2) is 4.98 Å². The minimum Gasteiger partial charge on any atom is -0.371 e. The molecule has 0 amide bonds. The molecule has 2 aromatic heterocycles. The van der Waals surface area contributed by atoms with Gasteiger partial charge in [-0.2, -0.15) is 4.39 Å². The minimum absolute atomic E-state index is 0.0918. The van der Waals surface area contributed by atoms with E-state index in [4.69, 9.17) is 0 Å². The number of halogens is 1. The van der Waals surface area contributed by atoms with Gasteiger partial charge in [-0.1, -0.05) is 48.5 Å². The zero-order chi connectivity index (χ0) is 17.9. The van der Waals surface area contributed by atoms with Crippen molar-refractivity contribution in [2.45, 2.75) is 6.04 Å². The van der Waals surface area contributed by atoms with E-state index in [0.717, 1.165) is 16.5 Å². The average Bonchev–Trinajstić information content (AvgIpc) is 3.10. The molecule has 0 aliphatic rings. The molecule has 0 saturated carbocycles. The van der Waals surface area contributed by atoms with Crippen molar-refractivity contribution in [1.82, 2.24) is 9.97 Å². The topological polar surface area (TPSA) is 57.8 Å². The summed E-state index contributed by atoms with van der Waals surface area (Å²) in [6, 6.07) is 19.3. The fourth-order valence-corrected chi connectivity index (χ4v) is 3.04. The molecule has 4 aromatic rings. The second-order valence-electron chi connectivity index (χ2n) is 5.97. The molecule has 0 unspecified atom stereocenters. The Morgan fingerprint density at radius 2 is 1.81 bits per heavy atom. The van der Waals surface area contributed by atoms with Crippen LogP contribution in [0.15, 0.2) is 79.1 Å². The quantitative estimate of drug-likeness (QED) is 0.406. The number of benzene rings is 2. The van der Waals surface area contributed by atoms with Gasteiger partial charge < -0.3 is 10.3 Å². The highest BCUT2D eigenvalue weighted by Gasteiger charge is 2.24. The van der Waals surface area contributed by atoms with Gasteiger partial charge in [0.2, 0.25) is 5.95 Å². The Kier molecular flexibility index (Phi) is 4.19. The maximum atomic E-state index is 13.5. The van der Waals surface area contributed by atoms with Gasteiger partial charge in [0.15, 0.2) is 5.78 Å². The fraction of sp³-hybridized carbons (Fsp3) is 0.0476. The van der Waals surface area contributed by atoms with Crippen LogP contribution < -0.4 is 5.32 Å². The first-order chi connectivity index (χ1) is 12.7. The standard InChI is InChI=1S/C21H16FN3O/c22-19-12-15(10-11-23-19)25-20(14-6-2-1-3-7-14)21(26)17-13-24-18-9-5-4-8-16(17)18/h1-13,20,24H,(H,23,25)/t20-/m0/s1. The number of carbonyl (C=O) groups excluding carboxylic acids is 1. The highest BCUT2D eigenvalue weighted by Crippen LogP contribution is 2.27. The highest BCUT2D eigenvalue weighted by molar-refractivity contribution is 6.11. The van der Waals surface area contributed by atoms with Crippen molar-refractivity contribution in [3.63, 3.8) is 0 Å². The van der Waals surface area contributed by atoms with E-state index in [0.29, 0.717) is 11.3 Å². The number of aromatic nitrogens is 2. The second-order valence-corrected chi connectivity index (χ2v) is 5.97. The first-order valence-electron chi connectivity index (χ1n) is 8.26.